The second-order valence-electron chi connectivity index (χ2n) is 3.70. The van der Waals surface area contributed by atoms with E-state index >= 15 is 0 Å². The molecule has 0 aromatic heterocycles. The number of anilines is 1. The summed E-state index contributed by atoms with van der Waals surface area (Å²) in [5, 5.41) is 3.41. The molecule has 1 aliphatic rings. The standard InChI is InChI=1S/C11H16N2/c1-8-7-13-10-4-2-3-9(5-6-12)11(8)10/h2-4,8,13H,5-7,12H2,1H3. The van der Waals surface area contributed by atoms with Crippen LogP contribution in [0, 0.1) is 0 Å². The first-order valence-electron chi connectivity index (χ1n) is 4.88. The van der Waals surface area contributed by atoms with Crippen molar-refractivity contribution in [2.24, 2.45) is 5.73 Å². The number of benzene rings is 1. The number of fused-ring (bicyclic) bond motifs is 1. The highest BCUT2D eigenvalue weighted by Gasteiger charge is 2.20. The van der Waals surface area contributed by atoms with Crippen LogP contribution in [-0.4, -0.2) is 13.1 Å². The lowest BCUT2D eigenvalue weighted by molar-refractivity contribution is 0.829. The summed E-state index contributed by atoms with van der Waals surface area (Å²) in [4.78, 5) is 0. The van der Waals surface area contributed by atoms with Crippen LogP contribution in [0.15, 0.2) is 18.2 Å². The summed E-state index contributed by atoms with van der Waals surface area (Å²) in [7, 11) is 0. The van der Waals surface area contributed by atoms with Gasteiger partial charge < -0.3 is 11.1 Å². The summed E-state index contributed by atoms with van der Waals surface area (Å²) in [5.41, 5.74) is 9.78. The van der Waals surface area contributed by atoms with E-state index in [-0.39, 0.29) is 0 Å². The van der Waals surface area contributed by atoms with Crippen molar-refractivity contribution < 1.29 is 0 Å². The highest BCUT2D eigenvalue weighted by molar-refractivity contribution is 5.60. The van der Waals surface area contributed by atoms with Crippen molar-refractivity contribution in [1.29, 1.82) is 0 Å². The lowest BCUT2D eigenvalue weighted by Crippen LogP contribution is -2.05. The van der Waals surface area contributed by atoms with E-state index in [4.69, 9.17) is 5.73 Å². The molecule has 0 saturated heterocycles. The minimum absolute atomic E-state index is 0.637. The quantitative estimate of drug-likeness (QED) is 0.720. The van der Waals surface area contributed by atoms with E-state index in [1.165, 1.54) is 16.8 Å². The topological polar surface area (TPSA) is 38.0 Å². The Hall–Kier alpha value is -1.02. The third kappa shape index (κ3) is 1.42. The Morgan fingerprint density at radius 2 is 2.38 bits per heavy atom. The van der Waals surface area contributed by atoms with E-state index in [0.717, 1.165) is 19.5 Å². The number of rotatable bonds is 2. The summed E-state index contributed by atoms with van der Waals surface area (Å²) in [5.74, 6) is 0.637. The predicted molar refractivity (Wildman–Crippen MR) is 56.1 cm³/mol. The van der Waals surface area contributed by atoms with E-state index < -0.39 is 0 Å². The number of hydrogen-bond donors (Lipinski definition) is 2. The Bertz CT molecular complexity index is 307. The van der Waals surface area contributed by atoms with Crippen LogP contribution in [0.2, 0.25) is 0 Å². The molecule has 3 N–H and O–H groups in total. The van der Waals surface area contributed by atoms with Crippen molar-refractivity contribution in [3.63, 3.8) is 0 Å². The largest absolute Gasteiger partial charge is 0.384 e. The average molecular weight is 176 g/mol. The molecule has 0 spiro atoms. The van der Waals surface area contributed by atoms with Gasteiger partial charge in [0.05, 0.1) is 0 Å². The van der Waals surface area contributed by atoms with E-state index in [0.29, 0.717) is 5.92 Å². The lowest BCUT2D eigenvalue weighted by Gasteiger charge is -2.09. The molecule has 0 saturated carbocycles. The van der Waals surface area contributed by atoms with Crippen LogP contribution in [0.3, 0.4) is 0 Å². The van der Waals surface area contributed by atoms with Crippen LogP contribution >= 0.6 is 0 Å². The van der Waals surface area contributed by atoms with E-state index in [2.05, 4.69) is 30.4 Å². The molecule has 0 radical (unpaired) electrons. The number of hydrogen-bond acceptors (Lipinski definition) is 2. The highest BCUT2D eigenvalue weighted by atomic mass is 14.9. The first-order valence-corrected chi connectivity index (χ1v) is 4.88. The van der Waals surface area contributed by atoms with Gasteiger partial charge >= 0.3 is 0 Å². The average Bonchev–Trinajstić information content (AvgIpc) is 2.50. The zero-order valence-corrected chi connectivity index (χ0v) is 8.01. The van der Waals surface area contributed by atoms with Gasteiger partial charge in [0, 0.05) is 18.2 Å². The van der Waals surface area contributed by atoms with Gasteiger partial charge in [0.2, 0.25) is 0 Å². The minimum Gasteiger partial charge on any atom is -0.384 e. The maximum absolute atomic E-state index is 5.58. The molecule has 1 atom stereocenters. The molecule has 0 fully saturated rings. The molecule has 2 heteroatoms. The molecule has 0 bridgehead atoms. The Morgan fingerprint density at radius 3 is 3.15 bits per heavy atom. The summed E-state index contributed by atoms with van der Waals surface area (Å²) in [6.45, 7) is 4.07. The first-order chi connectivity index (χ1) is 6.33. The molecule has 1 heterocycles. The van der Waals surface area contributed by atoms with Gasteiger partial charge in [-0.25, -0.2) is 0 Å². The smallest absolute Gasteiger partial charge is 0.0379 e. The Morgan fingerprint density at radius 1 is 1.54 bits per heavy atom. The molecule has 1 aromatic carbocycles. The highest BCUT2D eigenvalue weighted by Crippen LogP contribution is 2.33. The van der Waals surface area contributed by atoms with Crippen molar-refractivity contribution >= 4 is 5.69 Å². The molecular formula is C11H16N2. The Labute approximate surface area is 79.1 Å². The van der Waals surface area contributed by atoms with Crippen LogP contribution in [0.25, 0.3) is 0 Å². The van der Waals surface area contributed by atoms with E-state index in [1.807, 2.05) is 0 Å². The molecule has 70 valence electrons. The van der Waals surface area contributed by atoms with Crippen molar-refractivity contribution in [2.75, 3.05) is 18.4 Å². The molecule has 2 nitrogen and oxygen atoms in total. The maximum atomic E-state index is 5.58. The van der Waals surface area contributed by atoms with Gasteiger partial charge in [-0.2, -0.15) is 0 Å². The number of nitrogens with two attached hydrogens (primary N) is 1. The fourth-order valence-corrected chi connectivity index (χ4v) is 2.09. The SMILES string of the molecule is CC1CNc2cccc(CCN)c21. The second-order valence-corrected chi connectivity index (χ2v) is 3.70. The van der Waals surface area contributed by atoms with Crippen LogP contribution < -0.4 is 11.1 Å². The van der Waals surface area contributed by atoms with Gasteiger partial charge in [0.15, 0.2) is 0 Å². The Kier molecular flexibility index (Phi) is 2.23. The van der Waals surface area contributed by atoms with Crippen molar-refractivity contribution in [1.82, 2.24) is 0 Å². The molecule has 13 heavy (non-hydrogen) atoms. The molecule has 0 amide bonds. The van der Waals surface area contributed by atoms with Crippen molar-refractivity contribution in [3.8, 4) is 0 Å². The zero-order valence-electron chi connectivity index (χ0n) is 8.01. The second kappa shape index (κ2) is 3.38. The van der Waals surface area contributed by atoms with Gasteiger partial charge in [-0.15, -0.1) is 0 Å². The molecule has 1 aliphatic heterocycles. The van der Waals surface area contributed by atoms with Crippen LogP contribution in [0.4, 0.5) is 5.69 Å². The predicted octanol–water partition coefficient (Wildman–Crippen LogP) is 1.72. The first kappa shape index (κ1) is 8.57. The van der Waals surface area contributed by atoms with Gasteiger partial charge in [0.25, 0.3) is 0 Å². The van der Waals surface area contributed by atoms with Gasteiger partial charge in [0.1, 0.15) is 0 Å². The van der Waals surface area contributed by atoms with E-state index in [9.17, 15) is 0 Å². The fraction of sp³-hybridized carbons (Fsp3) is 0.455. The van der Waals surface area contributed by atoms with Gasteiger partial charge in [-0.3, -0.25) is 0 Å². The molecular weight excluding hydrogens is 160 g/mol. The lowest BCUT2D eigenvalue weighted by atomic mass is 9.95. The third-order valence-electron chi connectivity index (χ3n) is 2.70. The monoisotopic (exact) mass is 176 g/mol. The van der Waals surface area contributed by atoms with Crippen LogP contribution in [-0.2, 0) is 6.42 Å². The van der Waals surface area contributed by atoms with Crippen LogP contribution in [0.5, 0.6) is 0 Å². The Balaban J connectivity index is 2.41. The third-order valence-corrected chi connectivity index (χ3v) is 2.70. The summed E-state index contributed by atoms with van der Waals surface area (Å²) in [6.07, 6.45) is 0.995. The maximum Gasteiger partial charge on any atom is 0.0379 e. The molecule has 0 aliphatic carbocycles. The molecule has 1 aromatic rings. The summed E-state index contributed by atoms with van der Waals surface area (Å²) >= 11 is 0. The van der Waals surface area contributed by atoms with Crippen molar-refractivity contribution in [2.45, 2.75) is 19.3 Å². The van der Waals surface area contributed by atoms with Crippen molar-refractivity contribution in [3.05, 3.63) is 29.3 Å². The minimum atomic E-state index is 0.637. The molecule has 2 rings (SSSR count). The fourth-order valence-electron chi connectivity index (χ4n) is 2.09. The van der Waals surface area contributed by atoms with E-state index in [1.54, 1.807) is 0 Å². The zero-order chi connectivity index (χ0) is 9.26. The summed E-state index contributed by atoms with van der Waals surface area (Å²) in [6, 6.07) is 6.45. The van der Waals surface area contributed by atoms with Crippen LogP contribution in [0.1, 0.15) is 24.0 Å². The number of nitrogens with one attached hydrogen (secondary N) is 1. The molecule has 1 unspecified atom stereocenters. The normalized spacial score (nSPS) is 19.7. The van der Waals surface area contributed by atoms with Gasteiger partial charge in [-0.05, 0) is 30.2 Å². The summed E-state index contributed by atoms with van der Waals surface area (Å²) < 4.78 is 0. The van der Waals surface area contributed by atoms with Gasteiger partial charge in [-0.1, -0.05) is 19.1 Å².